The second kappa shape index (κ2) is 12.5. The molecule has 2 fully saturated rings. The van der Waals surface area contributed by atoms with E-state index in [0.717, 1.165) is 30.5 Å². The van der Waals surface area contributed by atoms with Crippen molar-refractivity contribution in [2.75, 3.05) is 20.0 Å². The van der Waals surface area contributed by atoms with Crippen molar-refractivity contribution in [1.29, 1.82) is 0 Å². The standard InChI is InChI=1S/C22H32N4Si.CH3.2ClH.Ti/c1-16(2)19-12-20-17(21-10-5-6-11-25-21)8-7-9-18(20)22(19)27(3,4)26-14-23-13-24-15-26;;;;/h5-11,16,18-20,22H,12-15H2,1-4H3;1H3;2*1H;/q-2;-1;;;+6/p-2. The first kappa shape index (κ1) is 27.3. The summed E-state index contributed by atoms with van der Waals surface area (Å²) >= 11 is -0.556. The summed E-state index contributed by atoms with van der Waals surface area (Å²) in [6.07, 6.45) is 10.3. The molecule has 1 saturated carbocycles. The Morgan fingerprint density at radius 2 is 1.87 bits per heavy atom. The Morgan fingerprint density at radius 1 is 1.19 bits per heavy atom. The summed E-state index contributed by atoms with van der Waals surface area (Å²) in [7, 11) is 8.09. The van der Waals surface area contributed by atoms with E-state index < -0.39 is 25.3 Å². The zero-order valence-electron chi connectivity index (χ0n) is 19.3. The van der Waals surface area contributed by atoms with Gasteiger partial charge in [-0.3, -0.25) is 11.7 Å². The van der Waals surface area contributed by atoms with Crippen molar-refractivity contribution in [2.24, 2.45) is 23.7 Å². The Kier molecular flexibility index (Phi) is 11.0. The van der Waals surface area contributed by atoms with Gasteiger partial charge in [-0.25, -0.2) is 0 Å². The van der Waals surface area contributed by atoms with E-state index in [1.165, 1.54) is 12.0 Å². The van der Waals surface area contributed by atoms with Crippen LogP contribution in [0.2, 0.25) is 18.6 Å². The van der Waals surface area contributed by atoms with Crippen LogP contribution >= 0.6 is 18.6 Å². The van der Waals surface area contributed by atoms with Crippen LogP contribution in [0.5, 0.6) is 0 Å². The first-order chi connectivity index (χ1) is 14.4. The van der Waals surface area contributed by atoms with Crippen molar-refractivity contribution in [2.45, 2.75) is 38.9 Å². The number of fused-ring (bicyclic) bond motifs is 1. The molecule has 2 aliphatic carbocycles. The molecule has 0 bridgehead atoms. The number of allylic oxidation sites excluding steroid dienone is 4. The van der Waals surface area contributed by atoms with E-state index in [1.807, 2.05) is 12.3 Å². The van der Waals surface area contributed by atoms with Crippen LogP contribution in [0, 0.1) is 31.1 Å². The minimum atomic E-state index is -1.69. The third-order valence-corrected chi connectivity index (χ3v) is 11.4. The fraction of sp³-hybridized carbons (Fsp3) is 0.565. The number of rotatable bonds is 4. The summed E-state index contributed by atoms with van der Waals surface area (Å²) in [6.45, 7) is 12.4. The second-order valence-electron chi connectivity index (χ2n) is 9.21. The summed E-state index contributed by atoms with van der Waals surface area (Å²) in [5.74, 6) is 2.65. The third kappa shape index (κ3) is 6.13. The van der Waals surface area contributed by atoms with Crippen molar-refractivity contribution < 1.29 is 17.0 Å². The quantitative estimate of drug-likeness (QED) is 0.313. The summed E-state index contributed by atoms with van der Waals surface area (Å²) < 4.78 is 2.62. The van der Waals surface area contributed by atoms with Crippen LogP contribution in [-0.4, -0.2) is 37.8 Å². The predicted octanol–water partition coefficient (Wildman–Crippen LogP) is 7.28. The summed E-state index contributed by atoms with van der Waals surface area (Å²) in [5, 5.41) is 9.17. The number of aromatic nitrogens is 1. The molecule has 4 rings (SSSR count). The predicted molar refractivity (Wildman–Crippen MR) is 134 cm³/mol. The molecule has 0 spiro atoms. The summed E-state index contributed by atoms with van der Waals surface area (Å²) in [4.78, 5) is 4.68. The van der Waals surface area contributed by atoms with Gasteiger partial charge in [-0.2, -0.15) is 0 Å². The first-order valence-corrected chi connectivity index (χ1v) is 18.0. The molecule has 1 aliphatic heterocycles. The van der Waals surface area contributed by atoms with Crippen LogP contribution in [0.25, 0.3) is 16.2 Å². The first-order valence-electron chi connectivity index (χ1n) is 10.7. The normalized spacial score (nSPS) is 28.4. The zero-order valence-corrected chi connectivity index (χ0v) is 23.4. The Morgan fingerprint density at radius 3 is 2.45 bits per heavy atom. The van der Waals surface area contributed by atoms with Crippen LogP contribution < -0.4 is 0 Å². The van der Waals surface area contributed by atoms with Gasteiger partial charge in [0.1, 0.15) is 8.24 Å². The van der Waals surface area contributed by atoms with Crippen LogP contribution in [0.3, 0.4) is 0 Å². The van der Waals surface area contributed by atoms with E-state index in [2.05, 4.69) is 77.5 Å². The molecule has 31 heavy (non-hydrogen) atoms. The molecule has 4 atom stereocenters. The van der Waals surface area contributed by atoms with Crippen molar-refractivity contribution in [3.05, 3.63) is 66.4 Å². The monoisotopic (exact) mass is 513 g/mol. The van der Waals surface area contributed by atoms with Crippen LogP contribution in [-0.2, 0) is 17.0 Å². The van der Waals surface area contributed by atoms with Gasteiger partial charge in [-0.05, 0) is 53.3 Å². The van der Waals surface area contributed by atoms with Gasteiger partial charge in [-0.15, -0.1) is 13.3 Å². The summed E-state index contributed by atoms with van der Waals surface area (Å²) in [6, 6.07) is 6.29. The van der Waals surface area contributed by atoms with Gasteiger partial charge < -0.3 is 22.6 Å². The van der Waals surface area contributed by atoms with Gasteiger partial charge in [0.2, 0.25) is 0 Å². The van der Waals surface area contributed by atoms with Crippen molar-refractivity contribution >= 4 is 32.4 Å². The van der Waals surface area contributed by atoms with Gasteiger partial charge in [0.05, 0.1) is 5.69 Å². The maximum absolute atomic E-state index is 4.89. The fourth-order valence-corrected chi connectivity index (χ4v) is 9.85. The van der Waals surface area contributed by atoms with E-state index in [-0.39, 0.29) is 7.43 Å². The van der Waals surface area contributed by atoms with Gasteiger partial charge in [0, 0.05) is 6.20 Å². The molecular formula is C23H35Cl2N4SiTi+. The molecule has 1 aromatic heterocycles. The Bertz CT molecular complexity index is 738. The molecular weight excluding hydrogens is 479 g/mol. The van der Waals surface area contributed by atoms with Crippen molar-refractivity contribution in [3.63, 3.8) is 0 Å². The van der Waals surface area contributed by atoms with E-state index >= 15 is 0 Å². The molecule has 0 amide bonds. The van der Waals surface area contributed by atoms with Crippen molar-refractivity contribution in [3.8, 4) is 0 Å². The van der Waals surface area contributed by atoms with Crippen LogP contribution in [0.1, 0.15) is 26.0 Å². The van der Waals surface area contributed by atoms with E-state index in [1.54, 1.807) is 0 Å². The van der Waals surface area contributed by atoms with Gasteiger partial charge in [0.25, 0.3) is 0 Å². The number of hydrogen-bond acceptors (Lipinski definition) is 2. The number of nitrogens with zero attached hydrogens (tertiary/aromatic N) is 4. The molecule has 0 radical (unpaired) electrons. The molecule has 3 aliphatic rings. The molecule has 8 heteroatoms. The number of pyridine rings is 1. The zero-order chi connectivity index (χ0) is 21.7. The van der Waals surface area contributed by atoms with Crippen LogP contribution in [0.15, 0.2) is 42.6 Å². The van der Waals surface area contributed by atoms with Gasteiger partial charge in [-0.1, -0.05) is 51.2 Å². The third-order valence-electron chi connectivity index (χ3n) is 7.06. The average Bonchev–Trinajstić information content (AvgIpc) is 3.16. The Labute approximate surface area is 207 Å². The SMILES string of the molecule is CC(C)C1CC2C(c3ccccn3)=CC=CC2C1[Si](C)(C)N1C[N-]C[N-]C1.[CH3-].[Cl][Ti+4][Cl]. The van der Waals surface area contributed by atoms with E-state index in [9.17, 15) is 0 Å². The topological polar surface area (TPSA) is 44.3 Å². The number of hydrogen-bond donors (Lipinski definition) is 0. The van der Waals surface area contributed by atoms with Gasteiger partial charge >= 0.3 is 35.6 Å². The van der Waals surface area contributed by atoms with E-state index in [0.29, 0.717) is 24.4 Å². The Hall–Kier alpha value is 0.0212. The maximum atomic E-state index is 4.89. The molecule has 168 valence electrons. The van der Waals surface area contributed by atoms with Gasteiger partial charge in [0.15, 0.2) is 0 Å². The van der Waals surface area contributed by atoms with Crippen LogP contribution in [0.4, 0.5) is 0 Å². The van der Waals surface area contributed by atoms with E-state index in [4.69, 9.17) is 18.6 Å². The summed E-state index contributed by atoms with van der Waals surface area (Å²) in [5.41, 5.74) is 3.33. The molecule has 0 N–H and O–H groups in total. The Balaban J connectivity index is 0.000000808. The fourth-order valence-electron chi connectivity index (χ4n) is 5.64. The average molecular weight is 514 g/mol. The molecule has 4 unspecified atom stereocenters. The number of halogens is 2. The molecule has 2 heterocycles. The molecule has 0 aromatic carbocycles. The molecule has 1 saturated heterocycles. The molecule has 1 aromatic rings. The minimum absolute atomic E-state index is 0. The molecule has 4 nitrogen and oxygen atoms in total. The second-order valence-corrected chi connectivity index (χ2v) is 16.4. The van der Waals surface area contributed by atoms with Crippen molar-refractivity contribution in [1.82, 2.24) is 9.55 Å².